The Morgan fingerprint density at radius 1 is 1.16 bits per heavy atom. The Morgan fingerprint density at radius 2 is 1.87 bits per heavy atom. The van der Waals surface area contributed by atoms with Gasteiger partial charge in [-0.25, -0.2) is 4.79 Å². The van der Waals surface area contributed by atoms with Gasteiger partial charge in [0.1, 0.15) is 5.75 Å². The fourth-order valence-electron chi connectivity index (χ4n) is 2.95. The highest BCUT2D eigenvalue weighted by atomic mass is 35.5. The van der Waals surface area contributed by atoms with Crippen LogP contribution in [-0.4, -0.2) is 39.1 Å². The van der Waals surface area contributed by atoms with Crippen molar-refractivity contribution in [1.29, 1.82) is 0 Å². The van der Waals surface area contributed by atoms with Crippen molar-refractivity contribution in [2.75, 3.05) is 7.11 Å². The molecule has 162 valence electrons. The van der Waals surface area contributed by atoms with Gasteiger partial charge in [0.25, 0.3) is 0 Å². The van der Waals surface area contributed by atoms with Crippen LogP contribution in [0, 0.1) is 5.92 Å². The van der Waals surface area contributed by atoms with Crippen molar-refractivity contribution in [3.8, 4) is 22.8 Å². The van der Waals surface area contributed by atoms with Crippen LogP contribution in [0.25, 0.3) is 17.1 Å². The number of ether oxygens (including phenoxy) is 1. The molecule has 3 aromatic rings. The Morgan fingerprint density at radius 3 is 2.45 bits per heavy atom. The van der Waals surface area contributed by atoms with Gasteiger partial charge in [-0.2, -0.15) is 0 Å². The third-order valence-electron chi connectivity index (χ3n) is 4.40. The van der Waals surface area contributed by atoms with E-state index in [0.717, 1.165) is 5.56 Å². The van der Waals surface area contributed by atoms with E-state index in [9.17, 15) is 9.59 Å². The van der Waals surface area contributed by atoms with Crippen molar-refractivity contribution < 1.29 is 14.3 Å². The number of primary amides is 1. The van der Waals surface area contributed by atoms with E-state index in [1.54, 1.807) is 19.2 Å². The normalized spacial score (nSPS) is 11.9. The average Bonchev–Trinajstić information content (AvgIpc) is 3.15. The maximum Gasteiger partial charge on any atom is 0.318 e. The summed E-state index contributed by atoms with van der Waals surface area (Å²) in [6, 6.07) is 14.0. The number of carbonyl (C=O) groups excluding carboxylic acids is 2. The number of hydrogen-bond acceptors (Lipinski definition) is 6. The minimum Gasteiger partial charge on any atom is -0.495 e. The molecular formula is C21H22ClN5O3S. The number of nitrogens with one attached hydrogen (secondary N) is 1. The first kappa shape index (κ1) is 22.6. The first-order valence-electron chi connectivity index (χ1n) is 9.43. The van der Waals surface area contributed by atoms with E-state index in [-0.39, 0.29) is 5.92 Å². The lowest BCUT2D eigenvalue weighted by molar-refractivity contribution is -0.120. The smallest absolute Gasteiger partial charge is 0.318 e. The summed E-state index contributed by atoms with van der Waals surface area (Å²) < 4.78 is 7.07. The maximum atomic E-state index is 12.5. The van der Waals surface area contributed by atoms with Crippen LogP contribution in [0.15, 0.2) is 53.7 Å². The molecule has 1 atom stereocenters. The summed E-state index contributed by atoms with van der Waals surface area (Å²) in [7, 11) is 1.54. The van der Waals surface area contributed by atoms with E-state index in [2.05, 4.69) is 15.5 Å². The molecule has 0 spiro atoms. The zero-order valence-corrected chi connectivity index (χ0v) is 18.8. The van der Waals surface area contributed by atoms with Crippen LogP contribution in [0.1, 0.15) is 13.8 Å². The van der Waals surface area contributed by atoms with Crippen molar-refractivity contribution in [2.45, 2.75) is 24.3 Å². The molecule has 0 saturated heterocycles. The molecule has 2 aromatic carbocycles. The van der Waals surface area contributed by atoms with Crippen LogP contribution < -0.4 is 15.8 Å². The molecule has 8 nitrogen and oxygen atoms in total. The van der Waals surface area contributed by atoms with Gasteiger partial charge in [-0.3, -0.25) is 14.7 Å². The number of amides is 3. The number of halogens is 1. The Hall–Kier alpha value is -3.04. The molecule has 0 saturated carbocycles. The van der Waals surface area contributed by atoms with Crippen LogP contribution in [-0.2, 0) is 4.79 Å². The van der Waals surface area contributed by atoms with Gasteiger partial charge in [0.15, 0.2) is 11.0 Å². The van der Waals surface area contributed by atoms with Crippen LogP contribution in [0.5, 0.6) is 5.75 Å². The minimum absolute atomic E-state index is 0.103. The summed E-state index contributed by atoms with van der Waals surface area (Å²) >= 11 is 7.55. The molecule has 0 aliphatic carbocycles. The topological polar surface area (TPSA) is 112 Å². The minimum atomic E-state index is -0.898. The predicted octanol–water partition coefficient (Wildman–Crippen LogP) is 3.91. The van der Waals surface area contributed by atoms with Crippen LogP contribution >= 0.6 is 23.4 Å². The fraction of sp³-hybridized carbons (Fsp3) is 0.238. The van der Waals surface area contributed by atoms with Crippen LogP contribution in [0.4, 0.5) is 4.79 Å². The molecule has 10 heteroatoms. The number of imide groups is 1. The molecule has 1 heterocycles. The Kier molecular flexibility index (Phi) is 7.19. The lowest BCUT2D eigenvalue weighted by atomic mass is 10.1. The van der Waals surface area contributed by atoms with Crippen molar-refractivity contribution in [2.24, 2.45) is 11.7 Å². The van der Waals surface area contributed by atoms with E-state index in [4.69, 9.17) is 22.1 Å². The van der Waals surface area contributed by atoms with Gasteiger partial charge in [0.2, 0.25) is 5.91 Å². The SMILES string of the molecule is COc1ccc(-n2c(S[C@@H](C(=O)NC(N)=O)C(C)C)nnc2-c2ccccc2)cc1Cl. The fourth-order valence-corrected chi connectivity index (χ4v) is 4.25. The third kappa shape index (κ3) is 5.18. The number of thioether (sulfide) groups is 1. The lowest BCUT2D eigenvalue weighted by Gasteiger charge is -2.19. The van der Waals surface area contributed by atoms with E-state index in [0.29, 0.717) is 27.4 Å². The first-order chi connectivity index (χ1) is 14.8. The van der Waals surface area contributed by atoms with Crippen molar-refractivity contribution in [1.82, 2.24) is 20.1 Å². The van der Waals surface area contributed by atoms with Gasteiger partial charge in [0, 0.05) is 5.56 Å². The largest absolute Gasteiger partial charge is 0.495 e. The molecule has 0 aliphatic heterocycles. The number of benzene rings is 2. The second-order valence-corrected chi connectivity index (χ2v) is 8.48. The lowest BCUT2D eigenvalue weighted by Crippen LogP contribution is -2.42. The summed E-state index contributed by atoms with van der Waals surface area (Å²) in [4.78, 5) is 23.7. The second-order valence-electron chi connectivity index (χ2n) is 6.96. The van der Waals surface area contributed by atoms with Crippen LogP contribution in [0.2, 0.25) is 5.02 Å². The molecular weight excluding hydrogens is 438 g/mol. The number of carbonyl (C=O) groups is 2. The number of hydrogen-bond donors (Lipinski definition) is 2. The Labute approximate surface area is 189 Å². The number of urea groups is 1. The molecule has 31 heavy (non-hydrogen) atoms. The highest BCUT2D eigenvalue weighted by molar-refractivity contribution is 8.00. The molecule has 0 radical (unpaired) electrons. The molecule has 3 N–H and O–H groups in total. The van der Waals surface area contributed by atoms with E-state index >= 15 is 0 Å². The molecule has 0 unspecified atom stereocenters. The van der Waals surface area contributed by atoms with Gasteiger partial charge in [-0.15, -0.1) is 10.2 Å². The number of nitrogens with zero attached hydrogens (tertiary/aromatic N) is 3. The monoisotopic (exact) mass is 459 g/mol. The Bertz CT molecular complexity index is 1090. The van der Waals surface area contributed by atoms with Gasteiger partial charge in [0.05, 0.1) is 23.1 Å². The van der Waals surface area contributed by atoms with Gasteiger partial charge in [-0.05, 0) is 24.1 Å². The predicted molar refractivity (Wildman–Crippen MR) is 121 cm³/mol. The number of rotatable bonds is 7. The molecule has 0 bridgehead atoms. The highest BCUT2D eigenvalue weighted by Gasteiger charge is 2.28. The molecule has 3 amide bonds. The first-order valence-corrected chi connectivity index (χ1v) is 10.7. The number of methoxy groups -OCH3 is 1. The van der Waals surface area contributed by atoms with Gasteiger partial charge >= 0.3 is 6.03 Å². The average molecular weight is 460 g/mol. The zero-order valence-electron chi connectivity index (χ0n) is 17.2. The second kappa shape index (κ2) is 9.84. The maximum absolute atomic E-state index is 12.5. The molecule has 0 fully saturated rings. The molecule has 1 aromatic heterocycles. The highest BCUT2D eigenvalue weighted by Crippen LogP contribution is 2.35. The summed E-state index contributed by atoms with van der Waals surface area (Å²) in [5, 5.41) is 11.1. The van der Waals surface area contributed by atoms with Crippen molar-refractivity contribution in [3.63, 3.8) is 0 Å². The third-order valence-corrected chi connectivity index (χ3v) is 6.18. The van der Waals surface area contributed by atoms with Crippen LogP contribution in [0.3, 0.4) is 0 Å². The quantitative estimate of drug-likeness (QED) is 0.518. The zero-order chi connectivity index (χ0) is 22.5. The summed E-state index contributed by atoms with van der Waals surface area (Å²) in [5.41, 5.74) is 6.68. The van der Waals surface area contributed by atoms with E-state index in [1.165, 1.54) is 11.8 Å². The Balaban J connectivity index is 2.10. The van der Waals surface area contributed by atoms with Crippen molar-refractivity contribution in [3.05, 3.63) is 53.6 Å². The molecule has 3 rings (SSSR count). The van der Waals surface area contributed by atoms with Crippen molar-refractivity contribution >= 4 is 35.3 Å². The molecule has 0 aliphatic rings. The summed E-state index contributed by atoms with van der Waals surface area (Å²) in [6.45, 7) is 3.75. The summed E-state index contributed by atoms with van der Waals surface area (Å²) in [5.74, 6) is 0.530. The van der Waals surface area contributed by atoms with E-state index in [1.807, 2.05) is 54.8 Å². The summed E-state index contributed by atoms with van der Waals surface area (Å²) in [6.07, 6.45) is 0. The standard InChI is InChI=1S/C21H22ClN5O3S/c1-12(2)17(19(28)24-20(23)29)31-21-26-25-18(13-7-5-4-6-8-13)27(21)14-9-10-16(30-3)15(22)11-14/h4-12,17H,1-3H3,(H3,23,24,28,29)/t17-/m1/s1. The number of nitrogens with two attached hydrogens (primary N) is 1. The van der Waals surface area contributed by atoms with Gasteiger partial charge in [-0.1, -0.05) is 67.5 Å². The number of aromatic nitrogens is 3. The van der Waals surface area contributed by atoms with E-state index < -0.39 is 17.2 Å². The van der Waals surface area contributed by atoms with Gasteiger partial charge < -0.3 is 10.5 Å².